The second-order valence-corrected chi connectivity index (χ2v) is 6.12. The van der Waals surface area contributed by atoms with Crippen LogP contribution in [0.25, 0.3) is 0 Å². The summed E-state index contributed by atoms with van der Waals surface area (Å²) in [5.74, 6) is -2.77. The van der Waals surface area contributed by atoms with Gasteiger partial charge in [-0.15, -0.1) is 11.3 Å². The average Bonchev–Trinajstić information content (AvgIpc) is 3.14. The highest BCUT2D eigenvalue weighted by Crippen LogP contribution is 2.43. The average molecular weight is 341 g/mol. The number of thiophene rings is 1. The molecule has 126 valence electrons. The van der Waals surface area contributed by atoms with Crippen molar-refractivity contribution < 1.29 is 29.0 Å². The van der Waals surface area contributed by atoms with E-state index in [1.807, 2.05) is 5.38 Å². The maximum absolute atomic E-state index is 12.4. The smallest absolute Gasteiger partial charge is 0.326 e. The number of amides is 1. The minimum absolute atomic E-state index is 0.0339. The molecular formula is C15H19NO6S. The maximum Gasteiger partial charge on any atom is 0.326 e. The number of likely N-dealkylation sites (tertiary alicyclic amines) is 1. The minimum Gasteiger partial charge on any atom is -0.480 e. The summed E-state index contributed by atoms with van der Waals surface area (Å²) in [6, 6.07) is 1.88. The van der Waals surface area contributed by atoms with Crippen LogP contribution in [0.3, 0.4) is 0 Å². The number of methoxy groups -OCH3 is 1. The molecule has 0 radical (unpaired) electrons. The third-order valence-corrected chi connectivity index (χ3v) is 4.70. The molecule has 3 atom stereocenters. The van der Waals surface area contributed by atoms with Gasteiger partial charge in [-0.2, -0.15) is 0 Å². The van der Waals surface area contributed by atoms with Crippen molar-refractivity contribution in [2.24, 2.45) is 5.92 Å². The number of rotatable bonds is 6. The van der Waals surface area contributed by atoms with Gasteiger partial charge in [0.2, 0.25) is 5.91 Å². The van der Waals surface area contributed by atoms with E-state index in [1.54, 1.807) is 19.1 Å². The van der Waals surface area contributed by atoms with E-state index in [0.717, 1.165) is 4.88 Å². The summed E-state index contributed by atoms with van der Waals surface area (Å²) in [6.45, 7) is 1.66. The Bertz CT molecular complexity index is 573. The van der Waals surface area contributed by atoms with Crippen LogP contribution in [0.1, 0.15) is 24.3 Å². The van der Waals surface area contributed by atoms with Gasteiger partial charge in [-0.3, -0.25) is 9.59 Å². The van der Waals surface area contributed by atoms with Gasteiger partial charge in [0.1, 0.15) is 12.6 Å². The van der Waals surface area contributed by atoms with Gasteiger partial charge in [0, 0.05) is 12.0 Å². The summed E-state index contributed by atoms with van der Waals surface area (Å²) >= 11 is 1.38. The molecule has 8 heteroatoms. The topological polar surface area (TPSA) is 93.1 Å². The summed E-state index contributed by atoms with van der Waals surface area (Å²) < 4.78 is 9.93. The summed E-state index contributed by atoms with van der Waals surface area (Å²) in [5, 5.41) is 11.3. The molecule has 0 aromatic carbocycles. The summed E-state index contributed by atoms with van der Waals surface area (Å²) in [6.07, 6.45) is 0.0339. The number of hydrogen-bond acceptors (Lipinski definition) is 6. The van der Waals surface area contributed by atoms with Gasteiger partial charge in [0.15, 0.2) is 0 Å². The maximum atomic E-state index is 12.4. The lowest BCUT2D eigenvalue weighted by Gasteiger charge is -2.29. The fraction of sp³-hybridized carbons (Fsp3) is 0.533. The molecular weight excluding hydrogens is 322 g/mol. The van der Waals surface area contributed by atoms with Gasteiger partial charge >= 0.3 is 11.9 Å². The lowest BCUT2D eigenvalue weighted by molar-refractivity contribution is -0.152. The van der Waals surface area contributed by atoms with E-state index < -0.39 is 35.8 Å². The number of hydrogen-bond donors (Lipinski definition) is 1. The van der Waals surface area contributed by atoms with Crippen LogP contribution in [-0.4, -0.2) is 54.2 Å². The summed E-state index contributed by atoms with van der Waals surface area (Å²) in [7, 11) is 1.37. The normalized spacial score (nSPS) is 23.7. The molecule has 7 nitrogen and oxygen atoms in total. The van der Waals surface area contributed by atoms with Gasteiger partial charge in [-0.05, 0) is 24.8 Å². The highest BCUT2D eigenvalue weighted by Gasteiger charge is 2.51. The van der Waals surface area contributed by atoms with Gasteiger partial charge in [0.05, 0.1) is 18.6 Å². The number of carbonyl (C=O) groups is 3. The van der Waals surface area contributed by atoms with E-state index in [-0.39, 0.29) is 19.6 Å². The SMILES string of the molecule is CCOC(=O)C1CC(C(=O)O)N(C(=O)COC)C1c1cccs1. The first kappa shape index (κ1) is 17.4. The standard InChI is InChI=1S/C15H19NO6S/c1-3-22-15(20)9-7-10(14(18)19)16(12(17)8-21-2)13(9)11-5-4-6-23-11/h4-6,9-10,13H,3,7-8H2,1-2H3,(H,18,19). The first-order chi connectivity index (χ1) is 11.0. The molecule has 1 aliphatic heterocycles. The van der Waals surface area contributed by atoms with Crippen molar-refractivity contribution >= 4 is 29.2 Å². The zero-order chi connectivity index (χ0) is 17.0. The monoisotopic (exact) mass is 341 g/mol. The largest absolute Gasteiger partial charge is 0.480 e. The molecule has 1 aliphatic rings. The third kappa shape index (κ3) is 3.53. The molecule has 3 unspecified atom stereocenters. The number of esters is 1. The zero-order valence-electron chi connectivity index (χ0n) is 12.9. The number of nitrogens with zero attached hydrogens (tertiary/aromatic N) is 1. The highest BCUT2D eigenvalue weighted by molar-refractivity contribution is 7.10. The molecule has 2 heterocycles. The van der Waals surface area contributed by atoms with Crippen molar-refractivity contribution in [1.82, 2.24) is 4.90 Å². The van der Waals surface area contributed by atoms with Crippen molar-refractivity contribution in [3.8, 4) is 0 Å². The molecule has 23 heavy (non-hydrogen) atoms. The Hall–Kier alpha value is -1.93. The molecule has 0 aliphatic carbocycles. The molecule has 1 fully saturated rings. The Morgan fingerprint density at radius 1 is 1.43 bits per heavy atom. The van der Waals surface area contributed by atoms with Gasteiger partial charge in [-0.25, -0.2) is 4.79 Å². The van der Waals surface area contributed by atoms with Crippen LogP contribution in [0.15, 0.2) is 17.5 Å². The fourth-order valence-electron chi connectivity index (χ4n) is 2.89. The zero-order valence-corrected chi connectivity index (χ0v) is 13.7. The van der Waals surface area contributed by atoms with Crippen LogP contribution in [-0.2, 0) is 23.9 Å². The fourth-order valence-corrected chi connectivity index (χ4v) is 3.78. The first-order valence-electron chi connectivity index (χ1n) is 7.24. The van der Waals surface area contributed by atoms with Crippen molar-refractivity contribution in [3.63, 3.8) is 0 Å². The molecule has 0 saturated carbocycles. The van der Waals surface area contributed by atoms with E-state index in [1.165, 1.54) is 23.3 Å². The van der Waals surface area contributed by atoms with Crippen molar-refractivity contribution in [2.75, 3.05) is 20.3 Å². The van der Waals surface area contributed by atoms with E-state index >= 15 is 0 Å². The van der Waals surface area contributed by atoms with E-state index in [4.69, 9.17) is 9.47 Å². The van der Waals surface area contributed by atoms with Crippen molar-refractivity contribution in [1.29, 1.82) is 0 Å². The first-order valence-corrected chi connectivity index (χ1v) is 8.12. The summed E-state index contributed by atoms with van der Waals surface area (Å²) in [4.78, 5) is 38.2. The van der Waals surface area contributed by atoms with E-state index in [0.29, 0.717) is 0 Å². The molecule has 0 bridgehead atoms. The molecule has 2 rings (SSSR count). The predicted molar refractivity (Wildman–Crippen MR) is 81.9 cm³/mol. The molecule has 1 aromatic rings. The Morgan fingerprint density at radius 2 is 2.17 bits per heavy atom. The van der Waals surface area contributed by atoms with Crippen LogP contribution in [0.4, 0.5) is 0 Å². The van der Waals surface area contributed by atoms with Crippen molar-refractivity contribution in [3.05, 3.63) is 22.4 Å². The van der Waals surface area contributed by atoms with Crippen LogP contribution < -0.4 is 0 Å². The highest BCUT2D eigenvalue weighted by atomic mass is 32.1. The minimum atomic E-state index is -1.14. The molecule has 1 amide bonds. The quantitative estimate of drug-likeness (QED) is 0.784. The lowest BCUT2D eigenvalue weighted by atomic mass is 9.98. The second kappa shape index (κ2) is 7.56. The van der Waals surface area contributed by atoms with Crippen LogP contribution in [0, 0.1) is 5.92 Å². The Kier molecular flexibility index (Phi) is 5.73. The Morgan fingerprint density at radius 3 is 2.70 bits per heavy atom. The molecule has 0 spiro atoms. The Labute approximate surface area is 137 Å². The molecule has 1 aromatic heterocycles. The number of ether oxygens (including phenoxy) is 2. The van der Waals surface area contributed by atoms with Crippen LogP contribution in [0.2, 0.25) is 0 Å². The Balaban J connectivity index is 2.42. The number of carboxylic acid groups (broad SMARTS) is 1. The molecule has 1 N–H and O–H groups in total. The molecule has 1 saturated heterocycles. The second-order valence-electron chi connectivity index (χ2n) is 5.14. The van der Waals surface area contributed by atoms with Crippen LogP contribution >= 0.6 is 11.3 Å². The van der Waals surface area contributed by atoms with Gasteiger partial charge in [0.25, 0.3) is 0 Å². The van der Waals surface area contributed by atoms with Gasteiger partial charge in [-0.1, -0.05) is 6.07 Å². The lowest BCUT2D eigenvalue weighted by Crippen LogP contribution is -2.43. The van der Waals surface area contributed by atoms with E-state index in [9.17, 15) is 19.5 Å². The third-order valence-electron chi connectivity index (χ3n) is 3.76. The van der Waals surface area contributed by atoms with Crippen molar-refractivity contribution in [2.45, 2.75) is 25.4 Å². The number of aliphatic carboxylic acids is 1. The van der Waals surface area contributed by atoms with Crippen LogP contribution in [0.5, 0.6) is 0 Å². The number of carbonyl (C=O) groups excluding carboxylic acids is 2. The predicted octanol–water partition coefficient (Wildman–Crippen LogP) is 1.30. The van der Waals surface area contributed by atoms with E-state index in [2.05, 4.69) is 0 Å². The number of carboxylic acids is 1. The summed E-state index contributed by atoms with van der Waals surface area (Å²) in [5.41, 5.74) is 0. The van der Waals surface area contributed by atoms with Gasteiger partial charge < -0.3 is 19.5 Å².